The zero-order chi connectivity index (χ0) is 13.9. The largest absolute Gasteiger partial charge is 0.478 e. The van der Waals surface area contributed by atoms with E-state index < -0.39 is 11.9 Å². The molecule has 1 aromatic rings. The number of carbonyl (C=O) groups is 2. The molecule has 0 saturated carbocycles. The summed E-state index contributed by atoms with van der Waals surface area (Å²) in [6.07, 6.45) is 2.31. The summed E-state index contributed by atoms with van der Waals surface area (Å²) < 4.78 is 0. The van der Waals surface area contributed by atoms with Gasteiger partial charge >= 0.3 is 5.97 Å². The highest BCUT2D eigenvalue weighted by Gasteiger charge is 2.11. The van der Waals surface area contributed by atoms with Crippen molar-refractivity contribution in [1.29, 1.82) is 0 Å². The third-order valence-electron chi connectivity index (χ3n) is 2.84. The Morgan fingerprint density at radius 2 is 1.78 bits per heavy atom. The van der Waals surface area contributed by atoms with Gasteiger partial charge in [-0.25, -0.2) is 4.79 Å². The number of amides is 1. The molecule has 0 bridgehead atoms. The molecule has 1 aromatic carbocycles. The topological polar surface area (TPSA) is 80.4 Å². The number of benzene rings is 1. The van der Waals surface area contributed by atoms with Gasteiger partial charge in [-0.1, -0.05) is 18.2 Å². The third kappa shape index (κ3) is 3.20. The first-order chi connectivity index (χ1) is 8.32. The number of carboxylic acids is 1. The van der Waals surface area contributed by atoms with Crippen molar-refractivity contribution in [2.24, 2.45) is 5.73 Å². The van der Waals surface area contributed by atoms with E-state index in [2.05, 4.69) is 0 Å². The molecule has 0 unspecified atom stereocenters. The van der Waals surface area contributed by atoms with Crippen LogP contribution in [-0.4, -0.2) is 17.0 Å². The molecule has 0 fully saturated rings. The van der Waals surface area contributed by atoms with Crippen LogP contribution in [0.3, 0.4) is 0 Å². The Morgan fingerprint density at radius 1 is 1.28 bits per heavy atom. The maximum atomic E-state index is 11.0. The van der Waals surface area contributed by atoms with Crippen LogP contribution in [-0.2, 0) is 11.2 Å². The summed E-state index contributed by atoms with van der Waals surface area (Å²) in [6.45, 7) is 5.20. The van der Waals surface area contributed by atoms with Crippen molar-refractivity contribution in [2.45, 2.75) is 27.2 Å². The molecule has 0 radical (unpaired) electrons. The maximum absolute atomic E-state index is 11.0. The van der Waals surface area contributed by atoms with Crippen LogP contribution in [0.25, 0.3) is 0 Å². The van der Waals surface area contributed by atoms with Gasteiger partial charge in [-0.15, -0.1) is 0 Å². The van der Waals surface area contributed by atoms with Gasteiger partial charge in [-0.05, 0) is 43.9 Å². The van der Waals surface area contributed by atoms with E-state index in [1.807, 2.05) is 12.1 Å². The van der Waals surface area contributed by atoms with Crippen molar-refractivity contribution in [3.05, 3.63) is 46.0 Å². The molecule has 0 spiro atoms. The van der Waals surface area contributed by atoms with E-state index in [4.69, 9.17) is 10.8 Å². The van der Waals surface area contributed by atoms with E-state index in [0.717, 1.165) is 16.7 Å². The van der Waals surface area contributed by atoms with Crippen LogP contribution < -0.4 is 5.73 Å². The molecule has 0 aliphatic rings. The summed E-state index contributed by atoms with van der Waals surface area (Å²) in [5.41, 5.74) is 8.41. The second-order valence-corrected chi connectivity index (χ2v) is 4.37. The Bertz CT molecular complexity index is 507. The van der Waals surface area contributed by atoms with Crippen LogP contribution in [0.5, 0.6) is 0 Å². The van der Waals surface area contributed by atoms with Crippen LogP contribution >= 0.6 is 0 Å². The first kappa shape index (κ1) is 14.0. The number of carbonyl (C=O) groups excluding carboxylic acids is 1. The zero-order valence-electron chi connectivity index (χ0n) is 10.8. The Hall–Kier alpha value is -2.10. The van der Waals surface area contributed by atoms with Gasteiger partial charge in [0.05, 0.1) is 5.56 Å². The molecule has 0 heterocycles. The Kier molecular flexibility index (Phi) is 4.26. The lowest BCUT2D eigenvalue weighted by molar-refractivity contribution is -0.114. The van der Waals surface area contributed by atoms with Crippen LogP contribution in [0.15, 0.2) is 23.8 Å². The number of allylic oxidation sites excluding steroid dienone is 1. The van der Waals surface area contributed by atoms with Crippen molar-refractivity contribution in [2.75, 3.05) is 0 Å². The third-order valence-corrected chi connectivity index (χ3v) is 2.84. The van der Waals surface area contributed by atoms with Gasteiger partial charge < -0.3 is 10.8 Å². The number of aromatic carboxylic acids is 1. The van der Waals surface area contributed by atoms with Crippen LogP contribution in [0.4, 0.5) is 0 Å². The fourth-order valence-electron chi connectivity index (χ4n) is 1.88. The molecule has 0 saturated heterocycles. The molecule has 1 amide bonds. The molecule has 0 aromatic heterocycles. The lowest BCUT2D eigenvalue weighted by Crippen LogP contribution is -2.11. The second kappa shape index (κ2) is 5.49. The van der Waals surface area contributed by atoms with Gasteiger partial charge in [-0.2, -0.15) is 0 Å². The molecule has 3 N–H and O–H groups in total. The van der Waals surface area contributed by atoms with Gasteiger partial charge in [0.2, 0.25) is 5.91 Å². The van der Waals surface area contributed by atoms with E-state index in [0.29, 0.717) is 17.6 Å². The highest BCUT2D eigenvalue weighted by Crippen LogP contribution is 2.17. The minimum Gasteiger partial charge on any atom is -0.478 e. The first-order valence-electron chi connectivity index (χ1n) is 5.63. The number of carboxylic acid groups (broad SMARTS) is 1. The standard InChI is InChI=1S/C14H17NO3/c1-8(13(15)16)4-5-11-6-9(2)12(14(17)18)10(3)7-11/h4,6-7H,5H2,1-3H3,(H2,15,16)(H,17,18). The van der Waals surface area contributed by atoms with Gasteiger partial charge in [0.15, 0.2) is 0 Å². The highest BCUT2D eigenvalue weighted by atomic mass is 16.4. The second-order valence-electron chi connectivity index (χ2n) is 4.37. The molecular formula is C14H17NO3. The van der Waals surface area contributed by atoms with Crippen molar-refractivity contribution in [3.8, 4) is 0 Å². The summed E-state index contributed by atoms with van der Waals surface area (Å²) in [6, 6.07) is 3.64. The Labute approximate surface area is 106 Å². The predicted octanol–water partition coefficient (Wildman–Crippen LogP) is 1.98. The van der Waals surface area contributed by atoms with Crippen LogP contribution in [0, 0.1) is 13.8 Å². The number of aryl methyl sites for hydroxylation is 2. The van der Waals surface area contributed by atoms with Gasteiger partial charge in [0.1, 0.15) is 0 Å². The fourth-order valence-corrected chi connectivity index (χ4v) is 1.88. The van der Waals surface area contributed by atoms with Crippen LogP contribution in [0.1, 0.15) is 34.0 Å². The van der Waals surface area contributed by atoms with Gasteiger partial charge in [0, 0.05) is 5.57 Å². The van der Waals surface area contributed by atoms with Crippen molar-refractivity contribution >= 4 is 11.9 Å². The average molecular weight is 247 g/mol. The molecule has 4 heteroatoms. The SMILES string of the molecule is CC(=CCc1cc(C)c(C(=O)O)c(C)c1)C(N)=O. The van der Waals surface area contributed by atoms with Gasteiger partial charge in [0.25, 0.3) is 0 Å². The van der Waals surface area contributed by atoms with Crippen molar-refractivity contribution < 1.29 is 14.7 Å². The lowest BCUT2D eigenvalue weighted by Gasteiger charge is -2.08. The molecule has 18 heavy (non-hydrogen) atoms. The normalized spacial score (nSPS) is 11.4. The molecule has 4 nitrogen and oxygen atoms in total. The fraction of sp³-hybridized carbons (Fsp3) is 0.286. The number of primary amides is 1. The highest BCUT2D eigenvalue weighted by molar-refractivity contribution is 5.91. The summed E-state index contributed by atoms with van der Waals surface area (Å²) in [7, 11) is 0. The number of hydrogen-bond acceptors (Lipinski definition) is 2. The molecule has 0 atom stereocenters. The Morgan fingerprint density at radius 3 is 2.17 bits per heavy atom. The van der Waals surface area contributed by atoms with E-state index in [-0.39, 0.29) is 0 Å². The summed E-state index contributed by atoms with van der Waals surface area (Å²) >= 11 is 0. The minimum atomic E-state index is -0.916. The van der Waals surface area contributed by atoms with Crippen molar-refractivity contribution in [1.82, 2.24) is 0 Å². The van der Waals surface area contributed by atoms with E-state index in [9.17, 15) is 9.59 Å². The number of rotatable bonds is 4. The monoisotopic (exact) mass is 247 g/mol. The summed E-state index contributed by atoms with van der Waals surface area (Å²) in [4.78, 5) is 21.9. The summed E-state index contributed by atoms with van der Waals surface area (Å²) in [5, 5.41) is 9.06. The summed E-state index contributed by atoms with van der Waals surface area (Å²) in [5.74, 6) is -1.36. The molecule has 0 aliphatic carbocycles. The Balaban J connectivity index is 3.04. The van der Waals surface area contributed by atoms with Crippen molar-refractivity contribution in [3.63, 3.8) is 0 Å². The maximum Gasteiger partial charge on any atom is 0.336 e. The molecule has 1 rings (SSSR count). The van der Waals surface area contributed by atoms with E-state index in [1.54, 1.807) is 26.8 Å². The molecule has 96 valence electrons. The van der Waals surface area contributed by atoms with E-state index >= 15 is 0 Å². The van der Waals surface area contributed by atoms with E-state index in [1.165, 1.54) is 0 Å². The molecule has 0 aliphatic heterocycles. The average Bonchev–Trinajstić information content (AvgIpc) is 2.24. The minimum absolute atomic E-state index is 0.342. The lowest BCUT2D eigenvalue weighted by atomic mass is 9.97. The number of hydrogen-bond donors (Lipinski definition) is 2. The molecular weight excluding hydrogens is 230 g/mol. The first-order valence-corrected chi connectivity index (χ1v) is 5.63. The smallest absolute Gasteiger partial charge is 0.336 e. The van der Waals surface area contributed by atoms with Gasteiger partial charge in [-0.3, -0.25) is 4.79 Å². The zero-order valence-corrected chi connectivity index (χ0v) is 10.8. The quantitative estimate of drug-likeness (QED) is 0.798. The van der Waals surface area contributed by atoms with Crippen LogP contribution in [0.2, 0.25) is 0 Å². The number of nitrogens with two attached hydrogens (primary N) is 1. The predicted molar refractivity (Wildman–Crippen MR) is 69.5 cm³/mol.